The molecule has 1 aliphatic rings. The largest absolute Gasteiger partial charge is 0.353 e. The number of carbonyl (C=O) groups is 2. The van der Waals surface area contributed by atoms with Crippen LogP contribution >= 0.6 is 0 Å². The van der Waals surface area contributed by atoms with Gasteiger partial charge in [0, 0.05) is 44.0 Å². The van der Waals surface area contributed by atoms with Crippen molar-refractivity contribution in [1.29, 1.82) is 0 Å². The van der Waals surface area contributed by atoms with E-state index in [1.54, 1.807) is 6.20 Å². The number of benzene rings is 3. The molecule has 0 saturated carbocycles. The molecule has 0 radical (unpaired) electrons. The predicted molar refractivity (Wildman–Crippen MR) is 148 cm³/mol. The Morgan fingerprint density at radius 2 is 1.59 bits per heavy atom. The summed E-state index contributed by atoms with van der Waals surface area (Å²) in [5, 5.41) is 5.14. The highest BCUT2D eigenvalue weighted by Gasteiger charge is 2.24. The molecule has 5 rings (SSSR count). The van der Waals surface area contributed by atoms with Gasteiger partial charge in [-0.05, 0) is 54.3 Å². The summed E-state index contributed by atoms with van der Waals surface area (Å²) in [5.74, 6) is 0.786. The van der Waals surface area contributed by atoms with Crippen molar-refractivity contribution in [3.63, 3.8) is 0 Å². The first kappa shape index (κ1) is 24.5. The van der Waals surface area contributed by atoms with Gasteiger partial charge < -0.3 is 15.1 Å². The van der Waals surface area contributed by atoms with Gasteiger partial charge >= 0.3 is 0 Å². The van der Waals surface area contributed by atoms with Crippen molar-refractivity contribution in [3.8, 4) is 0 Å². The van der Waals surface area contributed by atoms with Gasteiger partial charge in [-0.25, -0.2) is 4.98 Å². The monoisotopic (exact) mass is 492 g/mol. The van der Waals surface area contributed by atoms with Gasteiger partial charge in [0.05, 0.1) is 5.56 Å². The number of hydrogen-bond donors (Lipinski definition) is 1. The number of nitrogens with zero attached hydrogens (tertiary/aromatic N) is 3. The Hall–Kier alpha value is -4.19. The van der Waals surface area contributed by atoms with Crippen LogP contribution in [0.3, 0.4) is 0 Å². The lowest BCUT2D eigenvalue weighted by Gasteiger charge is -2.35. The van der Waals surface area contributed by atoms with Gasteiger partial charge in [0.2, 0.25) is 0 Å². The molecule has 0 spiro atoms. The van der Waals surface area contributed by atoms with Crippen molar-refractivity contribution in [2.75, 3.05) is 31.1 Å². The normalized spacial score (nSPS) is 14.4. The fraction of sp³-hybridized carbons (Fsp3) is 0.258. The number of carbonyl (C=O) groups excluding carboxylic acids is 2. The Labute approximate surface area is 217 Å². The molecular weight excluding hydrogens is 460 g/mol. The quantitative estimate of drug-likeness (QED) is 0.397. The van der Waals surface area contributed by atoms with E-state index in [4.69, 9.17) is 0 Å². The van der Waals surface area contributed by atoms with E-state index in [1.807, 2.05) is 84.6 Å². The van der Waals surface area contributed by atoms with Gasteiger partial charge in [-0.2, -0.15) is 0 Å². The minimum absolute atomic E-state index is 0.0674. The summed E-state index contributed by atoms with van der Waals surface area (Å²) in [7, 11) is 0. The Bertz CT molecular complexity index is 1360. The summed E-state index contributed by atoms with van der Waals surface area (Å²) < 4.78 is 0. The van der Waals surface area contributed by atoms with E-state index in [0.29, 0.717) is 31.7 Å². The number of amides is 2. The third-order valence-corrected chi connectivity index (χ3v) is 7.01. The maximum absolute atomic E-state index is 13.2. The standard InChI is InChI=1S/C31H32N4O2/c1-23(14-15-24-8-3-2-4-9-24)33-30(36)26-16-17-29(32-22-26)34-18-20-35(21-19-34)31(37)28-13-7-11-25-10-5-6-12-27(25)28/h2-13,16-17,22-23H,14-15,18-21H2,1H3,(H,33,36). The van der Waals surface area contributed by atoms with Crippen LogP contribution in [0.15, 0.2) is 91.1 Å². The molecule has 2 amide bonds. The molecule has 1 atom stereocenters. The molecular formula is C31H32N4O2. The van der Waals surface area contributed by atoms with E-state index >= 15 is 0 Å². The van der Waals surface area contributed by atoms with Crippen LogP contribution in [0.2, 0.25) is 0 Å². The Kier molecular flexibility index (Phi) is 7.45. The molecule has 37 heavy (non-hydrogen) atoms. The Morgan fingerprint density at radius 1 is 0.865 bits per heavy atom. The van der Waals surface area contributed by atoms with Gasteiger partial charge in [-0.15, -0.1) is 0 Å². The smallest absolute Gasteiger partial charge is 0.254 e. The van der Waals surface area contributed by atoms with Gasteiger partial charge in [-0.3, -0.25) is 9.59 Å². The van der Waals surface area contributed by atoms with E-state index in [2.05, 4.69) is 27.3 Å². The zero-order chi connectivity index (χ0) is 25.6. The summed E-state index contributed by atoms with van der Waals surface area (Å²) in [6.07, 6.45) is 3.44. The van der Waals surface area contributed by atoms with Crippen LogP contribution in [0.1, 0.15) is 39.6 Å². The van der Waals surface area contributed by atoms with Gasteiger partial charge in [0.25, 0.3) is 11.8 Å². The van der Waals surface area contributed by atoms with Crippen molar-refractivity contribution < 1.29 is 9.59 Å². The highest BCUT2D eigenvalue weighted by Crippen LogP contribution is 2.22. The van der Waals surface area contributed by atoms with Crippen LogP contribution < -0.4 is 10.2 Å². The number of aryl methyl sites for hydroxylation is 1. The summed E-state index contributed by atoms with van der Waals surface area (Å²) in [6.45, 7) is 4.69. The van der Waals surface area contributed by atoms with Crippen LogP contribution in [-0.4, -0.2) is 53.9 Å². The van der Waals surface area contributed by atoms with Crippen LogP contribution in [-0.2, 0) is 6.42 Å². The highest BCUT2D eigenvalue weighted by molar-refractivity contribution is 6.07. The van der Waals surface area contributed by atoms with E-state index in [1.165, 1.54) is 5.56 Å². The molecule has 188 valence electrons. The lowest BCUT2D eigenvalue weighted by molar-refractivity contribution is 0.0748. The van der Waals surface area contributed by atoms with Crippen molar-refractivity contribution in [3.05, 3.63) is 108 Å². The molecule has 1 unspecified atom stereocenters. The molecule has 1 aliphatic heterocycles. The number of aromatic nitrogens is 1. The fourth-order valence-corrected chi connectivity index (χ4v) is 4.84. The summed E-state index contributed by atoms with van der Waals surface area (Å²) >= 11 is 0. The van der Waals surface area contributed by atoms with E-state index in [9.17, 15) is 9.59 Å². The van der Waals surface area contributed by atoms with E-state index in [0.717, 1.165) is 35.0 Å². The van der Waals surface area contributed by atoms with Crippen molar-refractivity contribution in [1.82, 2.24) is 15.2 Å². The molecule has 4 aromatic rings. The summed E-state index contributed by atoms with van der Waals surface area (Å²) in [4.78, 5) is 34.6. The second kappa shape index (κ2) is 11.2. The molecule has 6 heteroatoms. The highest BCUT2D eigenvalue weighted by atomic mass is 16.2. The second-order valence-electron chi connectivity index (χ2n) is 9.61. The number of piperazine rings is 1. The molecule has 0 bridgehead atoms. The summed E-state index contributed by atoms with van der Waals surface area (Å²) in [6, 6.07) is 28.0. The average molecular weight is 493 g/mol. The number of anilines is 1. The Morgan fingerprint density at radius 3 is 2.35 bits per heavy atom. The lowest BCUT2D eigenvalue weighted by Crippen LogP contribution is -2.49. The fourth-order valence-electron chi connectivity index (χ4n) is 4.84. The van der Waals surface area contributed by atoms with Gasteiger partial charge in [-0.1, -0.05) is 66.7 Å². The maximum atomic E-state index is 13.2. The molecule has 3 aromatic carbocycles. The topological polar surface area (TPSA) is 65.5 Å². The molecule has 1 saturated heterocycles. The van der Waals surface area contributed by atoms with Crippen LogP contribution in [0.25, 0.3) is 10.8 Å². The average Bonchev–Trinajstić information content (AvgIpc) is 2.96. The van der Waals surface area contributed by atoms with Crippen molar-refractivity contribution in [2.24, 2.45) is 0 Å². The number of rotatable bonds is 7. The minimum atomic E-state index is -0.106. The number of nitrogens with one attached hydrogen (secondary N) is 1. The molecule has 1 fully saturated rings. The molecule has 0 aliphatic carbocycles. The first-order valence-electron chi connectivity index (χ1n) is 12.9. The molecule has 2 heterocycles. The minimum Gasteiger partial charge on any atom is -0.353 e. The molecule has 1 N–H and O–H groups in total. The third-order valence-electron chi connectivity index (χ3n) is 7.01. The lowest BCUT2D eigenvalue weighted by atomic mass is 10.0. The second-order valence-corrected chi connectivity index (χ2v) is 9.61. The van der Waals surface area contributed by atoms with Crippen molar-refractivity contribution in [2.45, 2.75) is 25.8 Å². The van der Waals surface area contributed by atoms with E-state index < -0.39 is 0 Å². The van der Waals surface area contributed by atoms with Crippen LogP contribution in [0, 0.1) is 0 Å². The van der Waals surface area contributed by atoms with Gasteiger partial charge in [0.1, 0.15) is 5.82 Å². The summed E-state index contributed by atoms with van der Waals surface area (Å²) in [5.41, 5.74) is 2.58. The number of fused-ring (bicyclic) bond motifs is 1. The predicted octanol–water partition coefficient (Wildman–Crippen LogP) is 4.95. The molecule has 6 nitrogen and oxygen atoms in total. The zero-order valence-electron chi connectivity index (χ0n) is 21.1. The first-order valence-corrected chi connectivity index (χ1v) is 12.9. The maximum Gasteiger partial charge on any atom is 0.254 e. The van der Waals surface area contributed by atoms with Gasteiger partial charge in [0.15, 0.2) is 0 Å². The van der Waals surface area contributed by atoms with Crippen molar-refractivity contribution >= 4 is 28.4 Å². The Balaban J connectivity index is 1.14. The van der Waals surface area contributed by atoms with Crippen LogP contribution in [0.5, 0.6) is 0 Å². The molecule has 1 aromatic heterocycles. The zero-order valence-corrected chi connectivity index (χ0v) is 21.1. The number of pyridine rings is 1. The van der Waals surface area contributed by atoms with E-state index in [-0.39, 0.29) is 17.9 Å². The first-order chi connectivity index (χ1) is 18.1. The third kappa shape index (κ3) is 5.80. The van der Waals surface area contributed by atoms with Crippen LogP contribution in [0.4, 0.5) is 5.82 Å². The SMILES string of the molecule is CC(CCc1ccccc1)NC(=O)c1ccc(N2CCN(C(=O)c3cccc4ccccc34)CC2)nc1. The number of hydrogen-bond acceptors (Lipinski definition) is 4.